The summed E-state index contributed by atoms with van der Waals surface area (Å²) >= 11 is 0. The van der Waals surface area contributed by atoms with Crippen LogP contribution in [0, 0.1) is 0 Å². The molecule has 0 unspecified atom stereocenters. The first-order chi connectivity index (χ1) is 10.2. The van der Waals surface area contributed by atoms with E-state index in [1.807, 2.05) is 20.9 Å². The van der Waals surface area contributed by atoms with Gasteiger partial charge in [0.2, 0.25) is 5.89 Å². The number of rotatable bonds is 5. The molecule has 0 bridgehead atoms. The second-order valence-electron chi connectivity index (χ2n) is 5.57. The van der Waals surface area contributed by atoms with Gasteiger partial charge in [0.15, 0.2) is 5.82 Å². The monoisotopic (exact) mass is 284 g/mol. The third kappa shape index (κ3) is 2.83. The number of benzene rings is 1. The topological polar surface area (TPSA) is 55.9 Å². The third-order valence-corrected chi connectivity index (χ3v) is 3.51. The van der Waals surface area contributed by atoms with Gasteiger partial charge in [-0.25, -0.2) is 0 Å². The van der Waals surface area contributed by atoms with Crippen LogP contribution in [0.25, 0.3) is 10.9 Å². The summed E-state index contributed by atoms with van der Waals surface area (Å²) in [7, 11) is 1.95. The van der Waals surface area contributed by atoms with Crippen molar-refractivity contribution in [1.29, 1.82) is 0 Å². The predicted molar refractivity (Wildman–Crippen MR) is 82.2 cm³/mol. The Balaban J connectivity index is 1.90. The quantitative estimate of drug-likeness (QED) is 0.782. The summed E-state index contributed by atoms with van der Waals surface area (Å²) in [6, 6.07) is 8.61. The van der Waals surface area contributed by atoms with Crippen molar-refractivity contribution < 1.29 is 4.52 Å². The lowest BCUT2D eigenvalue weighted by atomic mass is 10.1. The van der Waals surface area contributed by atoms with Gasteiger partial charge in [0.1, 0.15) is 0 Å². The highest BCUT2D eigenvalue weighted by Crippen LogP contribution is 2.19. The molecule has 0 fully saturated rings. The molecule has 0 atom stereocenters. The molecule has 0 saturated carbocycles. The van der Waals surface area contributed by atoms with Gasteiger partial charge in [0.25, 0.3) is 0 Å². The summed E-state index contributed by atoms with van der Waals surface area (Å²) in [5.74, 6) is 1.67. The lowest BCUT2D eigenvalue weighted by Crippen LogP contribution is -2.05. The largest absolute Gasteiger partial charge is 0.340 e. The first-order valence-corrected chi connectivity index (χ1v) is 7.22. The van der Waals surface area contributed by atoms with Crippen molar-refractivity contribution in [2.45, 2.75) is 32.9 Å². The zero-order valence-corrected chi connectivity index (χ0v) is 12.6. The Bertz CT molecular complexity index is 742. The van der Waals surface area contributed by atoms with Crippen LogP contribution in [0.1, 0.15) is 37.0 Å². The molecule has 5 nitrogen and oxygen atoms in total. The van der Waals surface area contributed by atoms with Crippen molar-refractivity contribution in [2.24, 2.45) is 0 Å². The Labute approximate surface area is 124 Å². The minimum absolute atomic E-state index is 0.259. The van der Waals surface area contributed by atoms with Crippen LogP contribution in [0.2, 0.25) is 0 Å². The van der Waals surface area contributed by atoms with Gasteiger partial charge < -0.3 is 14.4 Å². The molecule has 5 heteroatoms. The molecule has 0 amide bonds. The van der Waals surface area contributed by atoms with Gasteiger partial charge >= 0.3 is 0 Å². The van der Waals surface area contributed by atoms with Crippen LogP contribution >= 0.6 is 0 Å². The average Bonchev–Trinajstić information content (AvgIpc) is 3.07. The predicted octanol–water partition coefficient (Wildman–Crippen LogP) is 2.92. The fourth-order valence-electron chi connectivity index (χ4n) is 2.40. The number of fused-ring (bicyclic) bond motifs is 1. The zero-order valence-electron chi connectivity index (χ0n) is 12.6. The van der Waals surface area contributed by atoms with Gasteiger partial charge in [-0.2, -0.15) is 4.98 Å². The minimum atomic E-state index is 0.259. The number of hydrogen-bond donors (Lipinski definition) is 1. The Morgan fingerprint density at radius 1 is 1.29 bits per heavy atom. The molecule has 3 rings (SSSR count). The number of nitrogens with zero attached hydrogens (tertiary/aromatic N) is 3. The number of aromatic nitrogens is 3. The zero-order chi connectivity index (χ0) is 14.8. The van der Waals surface area contributed by atoms with Crippen LogP contribution in [0.4, 0.5) is 0 Å². The van der Waals surface area contributed by atoms with Crippen molar-refractivity contribution in [3.63, 3.8) is 0 Å². The lowest BCUT2D eigenvalue weighted by Gasteiger charge is -2.04. The minimum Gasteiger partial charge on any atom is -0.340 e. The molecule has 0 aliphatic carbocycles. The summed E-state index contributed by atoms with van der Waals surface area (Å²) in [6.07, 6.45) is 2.07. The van der Waals surface area contributed by atoms with E-state index in [0.29, 0.717) is 12.4 Å². The van der Waals surface area contributed by atoms with E-state index < -0.39 is 0 Å². The summed E-state index contributed by atoms with van der Waals surface area (Å²) < 4.78 is 7.42. The van der Waals surface area contributed by atoms with E-state index in [4.69, 9.17) is 4.52 Å². The van der Waals surface area contributed by atoms with E-state index in [1.165, 1.54) is 16.5 Å². The van der Waals surface area contributed by atoms with Gasteiger partial charge in [-0.15, -0.1) is 0 Å². The Kier molecular flexibility index (Phi) is 3.75. The molecular weight excluding hydrogens is 264 g/mol. The normalized spacial score (nSPS) is 11.6. The maximum atomic E-state index is 5.26. The van der Waals surface area contributed by atoms with Crippen LogP contribution in [-0.2, 0) is 13.1 Å². The van der Waals surface area contributed by atoms with Gasteiger partial charge in [-0.05, 0) is 30.1 Å². The molecule has 0 aliphatic heterocycles. The molecule has 0 spiro atoms. The maximum absolute atomic E-state index is 5.26. The summed E-state index contributed by atoms with van der Waals surface area (Å²) in [4.78, 5) is 4.44. The molecule has 0 saturated heterocycles. The Morgan fingerprint density at radius 2 is 2.14 bits per heavy atom. The fraction of sp³-hybridized carbons (Fsp3) is 0.375. The Morgan fingerprint density at radius 3 is 2.86 bits per heavy atom. The van der Waals surface area contributed by atoms with E-state index in [1.54, 1.807) is 0 Å². The van der Waals surface area contributed by atoms with Gasteiger partial charge in [0.05, 0.1) is 6.54 Å². The van der Waals surface area contributed by atoms with Crippen LogP contribution in [-0.4, -0.2) is 21.8 Å². The molecule has 2 heterocycles. The fourth-order valence-corrected chi connectivity index (χ4v) is 2.40. The molecular formula is C16H20N4O. The average molecular weight is 284 g/mol. The van der Waals surface area contributed by atoms with E-state index in [9.17, 15) is 0 Å². The third-order valence-electron chi connectivity index (χ3n) is 3.51. The smallest absolute Gasteiger partial charge is 0.229 e. The van der Waals surface area contributed by atoms with E-state index in [2.05, 4.69) is 50.5 Å². The summed E-state index contributed by atoms with van der Waals surface area (Å²) in [6.45, 7) is 5.59. The molecule has 0 radical (unpaired) electrons. The van der Waals surface area contributed by atoms with Crippen LogP contribution in [0.15, 0.2) is 35.0 Å². The van der Waals surface area contributed by atoms with Crippen molar-refractivity contribution >= 4 is 10.9 Å². The van der Waals surface area contributed by atoms with Crippen molar-refractivity contribution in [3.8, 4) is 0 Å². The molecule has 21 heavy (non-hydrogen) atoms. The SMILES string of the molecule is CNCc1ccc2ccn(Cc3noc(C(C)C)n3)c2c1. The second-order valence-corrected chi connectivity index (χ2v) is 5.57. The first-order valence-electron chi connectivity index (χ1n) is 7.22. The number of nitrogens with one attached hydrogen (secondary N) is 1. The molecule has 2 aromatic heterocycles. The molecule has 110 valence electrons. The number of hydrogen-bond acceptors (Lipinski definition) is 4. The highest BCUT2D eigenvalue weighted by molar-refractivity contribution is 5.80. The van der Waals surface area contributed by atoms with E-state index in [0.717, 1.165) is 12.4 Å². The maximum Gasteiger partial charge on any atom is 0.229 e. The second kappa shape index (κ2) is 5.69. The van der Waals surface area contributed by atoms with Crippen LogP contribution in [0.3, 0.4) is 0 Å². The van der Waals surface area contributed by atoms with Gasteiger partial charge in [0, 0.05) is 24.2 Å². The standard InChI is InChI=1S/C16H20N4O/c1-11(2)16-18-15(19-21-16)10-20-7-6-13-5-4-12(9-17-3)8-14(13)20/h4-8,11,17H,9-10H2,1-3H3. The van der Waals surface area contributed by atoms with Crippen LogP contribution in [0.5, 0.6) is 0 Å². The molecule has 1 aromatic carbocycles. The highest BCUT2D eigenvalue weighted by atomic mass is 16.5. The van der Waals surface area contributed by atoms with Gasteiger partial charge in [-0.1, -0.05) is 31.1 Å². The highest BCUT2D eigenvalue weighted by Gasteiger charge is 2.11. The Hall–Kier alpha value is -2.14. The molecule has 0 aliphatic rings. The molecule has 1 N–H and O–H groups in total. The van der Waals surface area contributed by atoms with E-state index in [-0.39, 0.29) is 5.92 Å². The molecule has 3 aromatic rings. The first kappa shape index (κ1) is 13.8. The van der Waals surface area contributed by atoms with Crippen LogP contribution < -0.4 is 5.32 Å². The van der Waals surface area contributed by atoms with E-state index >= 15 is 0 Å². The van der Waals surface area contributed by atoms with Crippen molar-refractivity contribution in [1.82, 2.24) is 20.0 Å². The summed E-state index contributed by atoms with van der Waals surface area (Å²) in [5.41, 5.74) is 2.46. The lowest BCUT2D eigenvalue weighted by molar-refractivity contribution is 0.360. The van der Waals surface area contributed by atoms with Crippen molar-refractivity contribution in [2.75, 3.05) is 7.05 Å². The summed E-state index contributed by atoms with van der Waals surface area (Å²) in [5, 5.41) is 8.46. The van der Waals surface area contributed by atoms with Crippen molar-refractivity contribution in [3.05, 3.63) is 47.7 Å². The van der Waals surface area contributed by atoms with Gasteiger partial charge in [-0.3, -0.25) is 0 Å².